The molecular formula is C14H11N3O2. The Morgan fingerprint density at radius 3 is 2.84 bits per heavy atom. The second-order valence-electron chi connectivity index (χ2n) is 4.24. The molecule has 0 amide bonds. The fourth-order valence-electron chi connectivity index (χ4n) is 2.09. The number of hydrogen-bond acceptors (Lipinski definition) is 3. The van der Waals surface area contributed by atoms with E-state index in [0.717, 1.165) is 16.9 Å². The Balaban J connectivity index is 2.23. The Labute approximate surface area is 109 Å². The molecule has 0 saturated carbocycles. The number of aryl methyl sites for hydroxylation is 1. The molecule has 2 aromatic heterocycles. The maximum Gasteiger partial charge on any atom is 0.335 e. The first-order valence-corrected chi connectivity index (χ1v) is 5.77. The van der Waals surface area contributed by atoms with Crippen molar-refractivity contribution in [3.8, 4) is 11.4 Å². The molecule has 2 heterocycles. The zero-order valence-electron chi connectivity index (χ0n) is 10.2. The molecule has 0 unspecified atom stereocenters. The topological polar surface area (TPSA) is 68.0 Å². The van der Waals surface area contributed by atoms with Gasteiger partial charge in [0, 0.05) is 25.0 Å². The molecule has 0 radical (unpaired) electrons. The van der Waals surface area contributed by atoms with Crippen LogP contribution in [0.25, 0.3) is 22.4 Å². The zero-order valence-corrected chi connectivity index (χ0v) is 10.2. The van der Waals surface area contributed by atoms with Crippen LogP contribution in [0.15, 0.2) is 42.7 Å². The van der Waals surface area contributed by atoms with E-state index in [2.05, 4.69) is 9.97 Å². The number of carboxylic acids is 1. The van der Waals surface area contributed by atoms with Crippen LogP contribution in [0.4, 0.5) is 0 Å². The highest BCUT2D eigenvalue weighted by atomic mass is 16.4. The second kappa shape index (κ2) is 4.20. The molecule has 0 fully saturated rings. The number of rotatable bonds is 2. The van der Waals surface area contributed by atoms with E-state index in [0.29, 0.717) is 5.52 Å². The third kappa shape index (κ3) is 1.85. The van der Waals surface area contributed by atoms with Crippen LogP contribution in [0, 0.1) is 0 Å². The number of aromatic carboxylic acids is 1. The van der Waals surface area contributed by atoms with Gasteiger partial charge in [-0.2, -0.15) is 0 Å². The van der Waals surface area contributed by atoms with Crippen LogP contribution in [0.1, 0.15) is 10.4 Å². The first-order valence-electron chi connectivity index (χ1n) is 5.77. The van der Waals surface area contributed by atoms with E-state index in [1.54, 1.807) is 30.6 Å². The van der Waals surface area contributed by atoms with Gasteiger partial charge in [-0.3, -0.25) is 4.98 Å². The Hall–Kier alpha value is -2.69. The van der Waals surface area contributed by atoms with E-state index < -0.39 is 5.97 Å². The molecule has 0 aliphatic heterocycles. The Morgan fingerprint density at radius 1 is 1.32 bits per heavy atom. The van der Waals surface area contributed by atoms with Gasteiger partial charge in [0.2, 0.25) is 0 Å². The lowest BCUT2D eigenvalue weighted by atomic mass is 10.2. The number of hydrogen-bond donors (Lipinski definition) is 1. The predicted molar refractivity (Wildman–Crippen MR) is 70.9 cm³/mol. The summed E-state index contributed by atoms with van der Waals surface area (Å²) in [5.41, 5.74) is 2.70. The zero-order chi connectivity index (χ0) is 13.4. The van der Waals surface area contributed by atoms with Crippen molar-refractivity contribution >= 4 is 17.0 Å². The lowest BCUT2D eigenvalue weighted by Crippen LogP contribution is -1.95. The summed E-state index contributed by atoms with van der Waals surface area (Å²) in [5, 5.41) is 8.99. The monoisotopic (exact) mass is 253 g/mol. The molecule has 5 nitrogen and oxygen atoms in total. The first kappa shape index (κ1) is 11.4. The number of carbonyl (C=O) groups is 1. The Kier molecular flexibility index (Phi) is 2.52. The molecule has 0 spiro atoms. The maximum absolute atomic E-state index is 11.0. The smallest absolute Gasteiger partial charge is 0.335 e. The number of pyridine rings is 1. The maximum atomic E-state index is 11.0. The Bertz CT molecular complexity index is 763. The summed E-state index contributed by atoms with van der Waals surface area (Å²) in [6.07, 6.45) is 3.44. The van der Waals surface area contributed by atoms with E-state index in [1.807, 2.05) is 23.7 Å². The molecule has 0 saturated heterocycles. The Morgan fingerprint density at radius 2 is 2.16 bits per heavy atom. The normalized spacial score (nSPS) is 10.8. The average molecular weight is 253 g/mol. The van der Waals surface area contributed by atoms with Crippen molar-refractivity contribution in [3.63, 3.8) is 0 Å². The van der Waals surface area contributed by atoms with Gasteiger partial charge in [0.15, 0.2) is 0 Å². The lowest BCUT2D eigenvalue weighted by Gasteiger charge is -2.01. The molecule has 3 aromatic rings. The molecule has 1 N–H and O–H groups in total. The van der Waals surface area contributed by atoms with Crippen LogP contribution in [0.5, 0.6) is 0 Å². The molecule has 0 atom stereocenters. The van der Waals surface area contributed by atoms with Crippen LogP contribution in [-0.2, 0) is 7.05 Å². The third-order valence-corrected chi connectivity index (χ3v) is 3.05. The van der Waals surface area contributed by atoms with Crippen LogP contribution < -0.4 is 0 Å². The molecular weight excluding hydrogens is 242 g/mol. The van der Waals surface area contributed by atoms with Crippen LogP contribution in [-0.4, -0.2) is 25.6 Å². The summed E-state index contributed by atoms with van der Waals surface area (Å²) in [6, 6.07) is 8.70. The summed E-state index contributed by atoms with van der Waals surface area (Å²) < 4.78 is 1.93. The van der Waals surface area contributed by atoms with Crippen molar-refractivity contribution in [1.82, 2.24) is 14.5 Å². The van der Waals surface area contributed by atoms with Crippen molar-refractivity contribution in [1.29, 1.82) is 0 Å². The summed E-state index contributed by atoms with van der Waals surface area (Å²) >= 11 is 0. The van der Waals surface area contributed by atoms with Crippen LogP contribution >= 0.6 is 0 Å². The minimum absolute atomic E-state index is 0.239. The minimum Gasteiger partial charge on any atom is -0.478 e. The number of aromatic nitrogens is 3. The van der Waals surface area contributed by atoms with Gasteiger partial charge in [-0.25, -0.2) is 9.78 Å². The largest absolute Gasteiger partial charge is 0.478 e. The lowest BCUT2D eigenvalue weighted by molar-refractivity contribution is 0.0697. The van der Waals surface area contributed by atoms with Gasteiger partial charge in [-0.1, -0.05) is 0 Å². The quantitative estimate of drug-likeness (QED) is 0.761. The first-order chi connectivity index (χ1) is 9.16. The van der Waals surface area contributed by atoms with Crippen molar-refractivity contribution < 1.29 is 9.90 Å². The number of nitrogens with zero attached hydrogens (tertiary/aromatic N) is 3. The minimum atomic E-state index is -0.949. The molecule has 3 rings (SSSR count). The predicted octanol–water partition coefficient (Wildman–Crippen LogP) is 2.33. The van der Waals surface area contributed by atoms with Crippen LogP contribution in [0.2, 0.25) is 0 Å². The third-order valence-electron chi connectivity index (χ3n) is 3.05. The van der Waals surface area contributed by atoms with Gasteiger partial charge in [0.25, 0.3) is 0 Å². The number of fused-ring (bicyclic) bond motifs is 1. The van der Waals surface area contributed by atoms with Crippen molar-refractivity contribution in [2.75, 3.05) is 0 Å². The summed E-state index contributed by atoms with van der Waals surface area (Å²) in [4.78, 5) is 19.5. The second-order valence-corrected chi connectivity index (χ2v) is 4.24. The molecule has 94 valence electrons. The molecule has 1 aromatic carbocycles. The summed E-state index contributed by atoms with van der Waals surface area (Å²) in [6.45, 7) is 0. The van der Waals surface area contributed by atoms with Gasteiger partial charge in [0.05, 0.1) is 16.6 Å². The van der Waals surface area contributed by atoms with Gasteiger partial charge < -0.3 is 9.67 Å². The molecule has 19 heavy (non-hydrogen) atoms. The van der Waals surface area contributed by atoms with E-state index in [4.69, 9.17) is 5.11 Å². The molecule has 0 aliphatic rings. The van der Waals surface area contributed by atoms with E-state index in [1.165, 1.54) is 0 Å². The van der Waals surface area contributed by atoms with Gasteiger partial charge in [0.1, 0.15) is 5.82 Å². The standard InChI is InChI=1S/C14H11N3O2/c1-17-12-5-4-9(14(18)19)7-11(12)16-13(17)10-3-2-6-15-8-10/h2-8H,1H3,(H,18,19). The number of carboxylic acid groups (broad SMARTS) is 1. The van der Waals surface area contributed by atoms with Crippen molar-refractivity contribution in [2.24, 2.45) is 7.05 Å². The van der Waals surface area contributed by atoms with E-state index in [9.17, 15) is 4.79 Å². The SMILES string of the molecule is Cn1c(-c2cccnc2)nc2cc(C(=O)O)ccc21. The summed E-state index contributed by atoms with van der Waals surface area (Å²) in [7, 11) is 1.90. The van der Waals surface area contributed by atoms with Gasteiger partial charge in [-0.05, 0) is 30.3 Å². The molecule has 5 heteroatoms. The van der Waals surface area contributed by atoms with Gasteiger partial charge >= 0.3 is 5.97 Å². The van der Waals surface area contributed by atoms with E-state index in [-0.39, 0.29) is 5.56 Å². The number of imidazole rings is 1. The fraction of sp³-hybridized carbons (Fsp3) is 0.0714. The molecule has 0 aliphatic carbocycles. The van der Waals surface area contributed by atoms with Crippen molar-refractivity contribution in [2.45, 2.75) is 0 Å². The highest BCUT2D eigenvalue weighted by molar-refractivity contribution is 5.93. The number of benzene rings is 1. The van der Waals surface area contributed by atoms with Gasteiger partial charge in [-0.15, -0.1) is 0 Å². The van der Waals surface area contributed by atoms with Crippen LogP contribution in [0.3, 0.4) is 0 Å². The van der Waals surface area contributed by atoms with Crippen molar-refractivity contribution in [3.05, 3.63) is 48.3 Å². The average Bonchev–Trinajstić information content (AvgIpc) is 2.76. The molecule has 0 bridgehead atoms. The highest BCUT2D eigenvalue weighted by Gasteiger charge is 2.12. The van der Waals surface area contributed by atoms with E-state index >= 15 is 0 Å². The summed E-state index contributed by atoms with van der Waals surface area (Å²) in [5.74, 6) is -0.180. The highest BCUT2D eigenvalue weighted by Crippen LogP contribution is 2.23. The fourth-order valence-corrected chi connectivity index (χ4v) is 2.09.